The molecular formula is C25H31ClN6O4S. The molecule has 37 heavy (non-hydrogen) atoms. The van der Waals surface area contributed by atoms with Crippen molar-refractivity contribution in [1.82, 2.24) is 19.5 Å². The summed E-state index contributed by atoms with van der Waals surface area (Å²) in [4.78, 5) is 22.7. The third-order valence-electron chi connectivity index (χ3n) is 7.01. The number of likely N-dealkylation sites (tertiary alicyclic amines) is 1. The lowest BCUT2D eigenvalue weighted by Gasteiger charge is -2.35. The average molecular weight is 547 g/mol. The predicted molar refractivity (Wildman–Crippen MR) is 143 cm³/mol. The van der Waals surface area contributed by atoms with E-state index in [2.05, 4.69) is 9.62 Å². The van der Waals surface area contributed by atoms with Gasteiger partial charge in [0.1, 0.15) is 5.82 Å². The van der Waals surface area contributed by atoms with Gasteiger partial charge >= 0.3 is 0 Å². The lowest BCUT2D eigenvalue weighted by Crippen LogP contribution is -2.39. The van der Waals surface area contributed by atoms with Crippen LogP contribution in [0, 0.1) is 6.92 Å². The van der Waals surface area contributed by atoms with Crippen molar-refractivity contribution in [2.45, 2.75) is 44.8 Å². The highest BCUT2D eigenvalue weighted by atomic mass is 35.5. The van der Waals surface area contributed by atoms with Crippen LogP contribution in [0.5, 0.6) is 0 Å². The van der Waals surface area contributed by atoms with Crippen LogP contribution in [-0.4, -0.2) is 72.9 Å². The normalized spacial score (nSPS) is 20.5. The van der Waals surface area contributed by atoms with E-state index < -0.39 is 10.0 Å². The van der Waals surface area contributed by atoms with E-state index in [-0.39, 0.29) is 29.3 Å². The molecule has 5 rings (SSSR count). The smallest absolute Gasteiger partial charge is 0.256 e. The Morgan fingerprint density at radius 1 is 1.19 bits per heavy atom. The van der Waals surface area contributed by atoms with E-state index in [1.54, 1.807) is 22.6 Å². The molecule has 2 saturated heterocycles. The second kappa shape index (κ2) is 10.1. The second-order valence-electron chi connectivity index (χ2n) is 9.79. The first-order chi connectivity index (χ1) is 17.6. The van der Waals surface area contributed by atoms with Crippen molar-refractivity contribution in [2.75, 3.05) is 42.6 Å². The van der Waals surface area contributed by atoms with Gasteiger partial charge in [-0.15, -0.1) is 0 Å². The van der Waals surface area contributed by atoms with E-state index in [1.165, 1.54) is 12.1 Å². The number of hydrogen-bond donors (Lipinski definition) is 1. The zero-order chi connectivity index (χ0) is 26.3. The van der Waals surface area contributed by atoms with Crippen molar-refractivity contribution in [3.8, 4) is 0 Å². The molecule has 0 aliphatic carbocycles. The van der Waals surface area contributed by atoms with Crippen LogP contribution in [0.15, 0.2) is 30.5 Å². The van der Waals surface area contributed by atoms with E-state index in [1.807, 2.05) is 19.2 Å². The lowest BCUT2D eigenvalue weighted by atomic mass is 9.98. The summed E-state index contributed by atoms with van der Waals surface area (Å²) in [5.74, 6) is 0.633. The number of carbonyl (C=O) groups is 1. The van der Waals surface area contributed by atoms with Crippen LogP contribution in [0.3, 0.4) is 0 Å². The van der Waals surface area contributed by atoms with Gasteiger partial charge in [-0.2, -0.15) is 5.10 Å². The van der Waals surface area contributed by atoms with Gasteiger partial charge in [0.25, 0.3) is 5.91 Å². The quantitative estimate of drug-likeness (QED) is 0.502. The monoisotopic (exact) mass is 546 g/mol. The first kappa shape index (κ1) is 25.7. The van der Waals surface area contributed by atoms with Gasteiger partial charge in [0, 0.05) is 49.6 Å². The number of carbonyl (C=O) groups excluding carboxylic acids is 1. The Bertz CT molecular complexity index is 1440. The van der Waals surface area contributed by atoms with Crippen LogP contribution in [0.1, 0.15) is 53.3 Å². The number of rotatable bonds is 6. The van der Waals surface area contributed by atoms with Crippen LogP contribution < -0.4 is 9.62 Å². The predicted octanol–water partition coefficient (Wildman–Crippen LogP) is 3.66. The molecule has 0 saturated carbocycles. The molecule has 1 N–H and O–H groups in total. The maximum atomic E-state index is 13.8. The largest absolute Gasteiger partial charge is 0.380 e. The molecule has 2 aliphatic heterocycles. The first-order valence-corrected chi connectivity index (χ1v) is 14.6. The Hall–Kier alpha value is -2.89. The van der Waals surface area contributed by atoms with Gasteiger partial charge in [-0.1, -0.05) is 11.6 Å². The Labute approximate surface area is 221 Å². The first-order valence-electron chi connectivity index (χ1n) is 12.4. The number of nitrogens with one attached hydrogen (secondary N) is 1. The van der Waals surface area contributed by atoms with E-state index in [4.69, 9.17) is 26.4 Å². The number of methoxy groups -OCH3 is 1. The third-order valence-corrected chi connectivity index (χ3v) is 7.84. The molecule has 2 fully saturated rings. The minimum Gasteiger partial charge on any atom is -0.380 e. The summed E-state index contributed by atoms with van der Waals surface area (Å²) in [5, 5.41) is 5.16. The van der Waals surface area contributed by atoms with Gasteiger partial charge in [0.2, 0.25) is 10.0 Å². The van der Waals surface area contributed by atoms with Crippen molar-refractivity contribution in [1.29, 1.82) is 0 Å². The zero-order valence-corrected chi connectivity index (χ0v) is 22.7. The Morgan fingerprint density at radius 3 is 2.73 bits per heavy atom. The molecule has 2 aliphatic rings. The van der Waals surface area contributed by atoms with Gasteiger partial charge in [-0.3, -0.25) is 9.52 Å². The molecule has 2 atom stereocenters. The summed E-state index contributed by atoms with van der Waals surface area (Å²) in [6.07, 6.45) is 6.75. The number of halogens is 1. The third kappa shape index (κ3) is 5.39. The second-order valence-corrected chi connectivity index (χ2v) is 12.0. The van der Waals surface area contributed by atoms with E-state index >= 15 is 0 Å². The van der Waals surface area contributed by atoms with Gasteiger partial charge in [-0.25, -0.2) is 17.9 Å². The van der Waals surface area contributed by atoms with Crippen molar-refractivity contribution in [2.24, 2.45) is 0 Å². The summed E-state index contributed by atoms with van der Waals surface area (Å²) in [6.45, 7) is 4.25. The molecule has 10 nitrogen and oxygen atoms in total. The van der Waals surface area contributed by atoms with Crippen LogP contribution >= 0.6 is 11.6 Å². The SMILES string of the molecule is CO[C@@H]1CCN(c2nc3cc(C4CCCCN4C(=O)c4cc(Cl)ccc4NS(C)(=O)=O)nn3cc2C)C1. The minimum atomic E-state index is -3.58. The summed E-state index contributed by atoms with van der Waals surface area (Å²) < 4.78 is 33.5. The van der Waals surface area contributed by atoms with Crippen LogP contribution in [0.2, 0.25) is 5.02 Å². The Morgan fingerprint density at radius 2 is 2.00 bits per heavy atom. The van der Waals surface area contributed by atoms with Gasteiger partial charge in [0.15, 0.2) is 5.65 Å². The number of aryl methyl sites for hydroxylation is 1. The topological polar surface area (TPSA) is 109 Å². The lowest BCUT2D eigenvalue weighted by molar-refractivity contribution is 0.0607. The van der Waals surface area contributed by atoms with Crippen LogP contribution in [0.25, 0.3) is 5.65 Å². The number of sulfonamides is 1. The van der Waals surface area contributed by atoms with Gasteiger partial charge < -0.3 is 14.5 Å². The minimum absolute atomic E-state index is 0.202. The average Bonchev–Trinajstić information content (AvgIpc) is 3.50. The van der Waals surface area contributed by atoms with Crippen LogP contribution in [-0.2, 0) is 14.8 Å². The van der Waals surface area contributed by atoms with Crippen LogP contribution in [0.4, 0.5) is 11.5 Å². The van der Waals surface area contributed by atoms with E-state index in [9.17, 15) is 13.2 Å². The maximum Gasteiger partial charge on any atom is 0.256 e. The number of fused-ring (bicyclic) bond motifs is 1. The van der Waals surface area contributed by atoms with Gasteiger partial charge in [-0.05, 0) is 50.8 Å². The summed E-state index contributed by atoms with van der Waals surface area (Å²) in [5.41, 5.74) is 2.92. The highest BCUT2D eigenvalue weighted by Gasteiger charge is 2.32. The summed E-state index contributed by atoms with van der Waals surface area (Å²) in [7, 11) is -1.84. The molecule has 1 unspecified atom stereocenters. The zero-order valence-electron chi connectivity index (χ0n) is 21.1. The molecule has 1 amide bonds. The number of nitrogens with zero attached hydrogens (tertiary/aromatic N) is 5. The highest BCUT2D eigenvalue weighted by Crippen LogP contribution is 2.34. The molecule has 0 bridgehead atoms. The maximum absolute atomic E-state index is 13.8. The molecule has 3 aromatic rings. The molecule has 4 heterocycles. The molecule has 198 valence electrons. The fraction of sp³-hybridized carbons (Fsp3) is 0.480. The molecule has 0 radical (unpaired) electrons. The molecule has 2 aromatic heterocycles. The number of hydrogen-bond acceptors (Lipinski definition) is 7. The number of aromatic nitrogens is 3. The molecule has 0 spiro atoms. The number of amides is 1. The number of anilines is 2. The number of piperidine rings is 1. The summed E-state index contributed by atoms with van der Waals surface area (Å²) >= 11 is 6.20. The van der Waals surface area contributed by atoms with Crippen molar-refractivity contribution in [3.63, 3.8) is 0 Å². The van der Waals surface area contributed by atoms with E-state index in [0.717, 1.165) is 67.8 Å². The Balaban J connectivity index is 1.47. The number of ether oxygens (including phenoxy) is 1. The van der Waals surface area contributed by atoms with Gasteiger partial charge in [0.05, 0.1) is 35.3 Å². The highest BCUT2D eigenvalue weighted by molar-refractivity contribution is 7.92. The van der Waals surface area contributed by atoms with E-state index in [0.29, 0.717) is 11.6 Å². The molecular weight excluding hydrogens is 516 g/mol. The van der Waals surface area contributed by atoms with Crippen molar-refractivity contribution in [3.05, 3.63) is 52.3 Å². The fourth-order valence-corrected chi connectivity index (χ4v) is 5.98. The van der Waals surface area contributed by atoms with Crippen molar-refractivity contribution >= 4 is 44.7 Å². The Kier molecular flexibility index (Phi) is 7.03. The molecule has 1 aromatic carbocycles. The number of benzene rings is 1. The molecule has 12 heteroatoms. The van der Waals surface area contributed by atoms with Crippen molar-refractivity contribution < 1.29 is 17.9 Å². The fourth-order valence-electron chi connectivity index (χ4n) is 5.23. The standard InChI is InChI=1S/C25H31ClN6O4S/c1-16-14-32-23(27-24(16)30-11-9-18(15-30)36-2)13-21(28-32)22-6-4-5-10-31(22)25(33)19-12-17(26)7-8-20(19)29-37(3,34)35/h7-8,12-14,18,22,29H,4-6,9-11,15H2,1-3H3/t18-,22?/m1/s1. The summed E-state index contributed by atoms with van der Waals surface area (Å²) in [6, 6.07) is 6.26.